The molecule has 1 aliphatic rings. The van der Waals surface area contributed by atoms with Gasteiger partial charge in [-0.2, -0.15) is 5.26 Å². The van der Waals surface area contributed by atoms with Gasteiger partial charge in [-0.25, -0.2) is 19.2 Å². The summed E-state index contributed by atoms with van der Waals surface area (Å²) < 4.78 is 32.0. The molecule has 0 N–H and O–H groups in total. The van der Waals surface area contributed by atoms with Crippen molar-refractivity contribution in [2.24, 2.45) is 7.05 Å². The summed E-state index contributed by atoms with van der Waals surface area (Å²) in [4.78, 5) is 23.2. The van der Waals surface area contributed by atoms with E-state index in [1.807, 2.05) is 29.8 Å². The second-order valence-corrected chi connectivity index (χ2v) is 8.66. The molecule has 0 unspecified atom stereocenters. The molecule has 0 fully saturated rings. The Bertz CT molecular complexity index is 1550. The zero-order valence-corrected chi connectivity index (χ0v) is 20.4. The Morgan fingerprint density at radius 2 is 2.11 bits per heavy atom. The number of benzene rings is 1. The van der Waals surface area contributed by atoms with Crippen molar-refractivity contribution in [1.29, 1.82) is 5.26 Å². The predicted octanol–water partition coefficient (Wildman–Crippen LogP) is 4.23. The molecule has 10 heteroatoms. The predicted molar refractivity (Wildman–Crippen MR) is 132 cm³/mol. The monoisotopic (exact) mass is 501 g/mol. The topological polar surface area (TPSA) is 106 Å². The Balaban J connectivity index is 1.22. The number of halogens is 1. The number of aryl methyl sites for hydroxylation is 1. The van der Waals surface area contributed by atoms with Crippen LogP contribution in [0.15, 0.2) is 53.0 Å². The van der Waals surface area contributed by atoms with Gasteiger partial charge in [0.2, 0.25) is 17.4 Å². The highest BCUT2D eigenvalue weighted by Gasteiger charge is 2.21. The van der Waals surface area contributed by atoms with E-state index < -0.39 is 11.8 Å². The lowest BCUT2D eigenvalue weighted by Gasteiger charge is -2.25. The number of ether oxygens (including phenoxy) is 2. The van der Waals surface area contributed by atoms with E-state index in [9.17, 15) is 9.18 Å². The molecule has 0 aliphatic carbocycles. The number of nitrogens with zero attached hydrogens (tertiary/aromatic N) is 5. The van der Waals surface area contributed by atoms with Gasteiger partial charge in [0.15, 0.2) is 0 Å². The molecule has 1 aromatic carbocycles. The summed E-state index contributed by atoms with van der Waals surface area (Å²) >= 11 is 0. The summed E-state index contributed by atoms with van der Waals surface area (Å²) in [6.45, 7) is 2.19. The first-order valence-corrected chi connectivity index (χ1v) is 11.7. The summed E-state index contributed by atoms with van der Waals surface area (Å²) in [5.41, 5.74) is 3.72. The van der Waals surface area contributed by atoms with Crippen molar-refractivity contribution in [1.82, 2.24) is 19.4 Å². The fraction of sp³-hybridized carbons (Fsp3) is 0.259. The number of hydrogen-bond donors (Lipinski definition) is 0. The number of carbonyl (C=O) groups excluding carboxylic acids is 1. The molecule has 0 bridgehead atoms. The first kappa shape index (κ1) is 24.2. The number of carbonyl (C=O) groups is 1. The van der Waals surface area contributed by atoms with Crippen LogP contribution in [0.3, 0.4) is 0 Å². The fourth-order valence-electron chi connectivity index (χ4n) is 4.21. The molecule has 188 valence electrons. The van der Waals surface area contributed by atoms with Crippen molar-refractivity contribution >= 4 is 22.8 Å². The second-order valence-electron chi connectivity index (χ2n) is 8.66. The van der Waals surface area contributed by atoms with E-state index >= 15 is 0 Å². The summed E-state index contributed by atoms with van der Waals surface area (Å²) in [5, 5.41) is 8.88. The van der Waals surface area contributed by atoms with Crippen molar-refractivity contribution in [3.63, 3.8) is 0 Å². The minimum Gasteiger partial charge on any atom is -0.473 e. The maximum absolute atomic E-state index is 14.1. The molecular formula is C27H24FN5O4. The SMILES string of the molecule is COC(=O)c1cc2nc(CN3CC=C(c4cccc(OCc5ccc(C#N)cc5F)n4)CC3)n(C)c2o1. The van der Waals surface area contributed by atoms with Crippen molar-refractivity contribution in [2.75, 3.05) is 20.2 Å². The van der Waals surface area contributed by atoms with Crippen LogP contribution in [-0.4, -0.2) is 45.6 Å². The zero-order valence-electron chi connectivity index (χ0n) is 20.4. The van der Waals surface area contributed by atoms with Gasteiger partial charge in [-0.3, -0.25) is 4.90 Å². The molecule has 0 amide bonds. The molecule has 0 spiro atoms. The average Bonchev–Trinajstić information content (AvgIpc) is 3.47. The van der Waals surface area contributed by atoms with Gasteiger partial charge in [-0.05, 0) is 30.2 Å². The number of hydrogen-bond acceptors (Lipinski definition) is 8. The minimum atomic E-state index is -0.530. The van der Waals surface area contributed by atoms with E-state index in [1.54, 1.807) is 24.3 Å². The minimum absolute atomic E-state index is 0.0223. The van der Waals surface area contributed by atoms with Crippen LogP contribution in [0.4, 0.5) is 4.39 Å². The van der Waals surface area contributed by atoms with E-state index in [0.29, 0.717) is 29.2 Å². The van der Waals surface area contributed by atoms with Crippen LogP contribution in [0, 0.1) is 17.1 Å². The first-order chi connectivity index (χ1) is 17.9. The van der Waals surface area contributed by atoms with E-state index in [0.717, 1.165) is 36.6 Å². The summed E-state index contributed by atoms with van der Waals surface area (Å²) in [6.07, 6.45) is 2.94. The number of esters is 1. The Kier molecular flexibility index (Phi) is 6.70. The van der Waals surface area contributed by atoms with Crippen molar-refractivity contribution in [2.45, 2.75) is 19.6 Å². The number of rotatable bonds is 7. The number of nitriles is 1. The molecule has 9 nitrogen and oxygen atoms in total. The number of furan rings is 1. The third-order valence-electron chi connectivity index (χ3n) is 6.29. The third kappa shape index (κ3) is 5.08. The van der Waals surface area contributed by atoms with Gasteiger partial charge >= 0.3 is 5.97 Å². The van der Waals surface area contributed by atoms with Crippen LogP contribution in [-0.2, 0) is 24.9 Å². The highest BCUT2D eigenvalue weighted by molar-refractivity contribution is 5.90. The van der Waals surface area contributed by atoms with E-state index in [4.69, 9.17) is 19.2 Å². The highest BCUT2D eigenvalue weighted by Crippen LogP contribution is 2.25. The van der Waals surface area contributed by atoms with E-state index in [1.165, 1.54) is 13.2 Å². The molecule has 37 heavy (non-hydrogen) atoms. The molecule has 4 aromatic rings. The van der Waals surface area contributed by atoms with Gasteiger partial charge in [0.05, 0.1) is 31.0 Å². The fourth-order valence-corrected chi connectivity index (χ4v) is 4.21. The van der Waals surface area contributed by atoms with Crippen molar-refractivity contribution in [3.05, 3.63) is 82.8 Å². The molecule has 0 atom stereocenters. The molecular weight excluding hydrogens is 477 g/mol. The summed E-state index contributed by atoms with van der Waals surface area (Å²) in [5.74, 6) is 0.373. The van der Waals surface area contributed by atoms with Crippen LogP contribution >= 0.6 is 0 Å². The molecule has 4 heterocycles. The number of pyridine rings is 1. The second kappa shape index (κ2) is 10.2. The Hall–Kier alpha value is -4.49. The maximum Gasteiger partial charge on any atom is 0.374 e. The highest BCUT2D eigenvalue weighted by atomic mass is 19.1. The van der Waals surface area contributed by atoms with Crippen LogP contribution in [0.2, 0.25) is 0 Å². The molecule has 3 aromatic heterocycles. The van der Waals surface area contributed by atoms with Gasteiger partial charge in [-0.15, -0.1) is 0 Å². The molecule has 0 radical (unpaired) electrons. The van der Waals surface area contributed by atoms with Gasteiger partial charge in [0, 0.05) is 37.8 Å². The Morgan fingerprint density at radius 3 is 2.81 bits per heavy atom. The van der Waals surface area contributed by atoms with Gasteiger partial charge in [0.25, 0.3) is 0 Å². The average molecular weight is 502 g/mol. The standard InChI is InChI=1S/C27H24FN5O4/c1-32-24(30-22-13-23(27(34)35-2)37-26(22)32)15-33-10-8-18(9-11-33)21-4-3-5-25(31-21)36-16-19-7-6-17(14-29)12-20(19)28/h3-8,12-13H,9-11,15-16H2,1-2H3. The molecule has 5 rings (SSSR count). The smallest absolute Gasteiger partial charge is 0.374 e. The summed E-state index contributed by atoms with van der Waals surface area (Å²) in [7, 11) is 3.17. The Morgan fingerprint density at radius 1 is 1.24 bits per heavy atom. The quantitative estimate of drug-likeness (QED) is 0.347. The number of imidazole rings is 1. The van der Waals surface area contributed by atoms with Crippen LogP contribution < -0.4 is 4.74 Å². The van der Waals surface area contributed by atoms with E-state index in [-0.39, 0.29) is 17.9 Å². The zero-order chi connectivity index (χ0) is 25.9. The van der Waals surface area contributed by atoms with Crippen molar-refractivity contribution < 1.29 is 23.1 Å². The molecule has 0 saturated carbocycles. The van der Waals surface area contributed by atoms with Gasteiger partial charge in [0.1, 0.15) is 23.8 Å². The lowest BCUT2D eigenvalue weighted by molar-refractivity contribution is 0.0567. The summed E-state index contributed by atoms with van der Waals surface area (Å²) in [6, 6.07) is 13.4. The number of aromatic nitrogens is 3. The Labute approximate surface area is 212 Å². The lowest BCUT2D eigenvalue weighted by Crippen LogP contribution is -2.29. The maximum atomic E-state index is 14.1. The van der Waals surface area contributed by atoms with E-state index in [2.05, 4.69) is 20.9 Å². The van der Waals surface area contributed by atoms with Crippen molar-refractivity contribution in [3.8, 4) is 11.9 Å². The molecule has 1 aliphatic heterocycles. The lowest BCUT2D eigenvalue weighted by atomic mass is 10.0. The first-order valence-electron chi connectivity index (χ1n) is 11.7. The number of fused-ring (bicyclic) bond motifs is 1. The number of methoxy groups -OCH3 is 1. The normalized spacial score (nSPS) is 13.8. The van der Waals surface area contributed by atoms with Gasteiger partial charge < -0.3 is 18.5 Å². The van der Waals surface area contributed by atoms with Crippen LogP contribution in [0.1, 0.15) is 39.6 Å². The van der Waals surface area contributed by atoms with Crippen LogP contribution in [0.5, 0.6) is 5.88 Å². The van der Waals surface area contributed by atoms with Crippen LogP contribution in [0.25, 0.3) is 16.8 Å². The molecule has 0 saturated heterocycles. The van der Waals surface area contributed by atoms with Gasteiger partial charge in [-0.1, -0.05) is 18.2 Å². The third-order valence-corrected chi connectivity index (χ3v) is 6.29. The largest absolute Gasteiger partial charge is 0.473 e.